The van der Waals surface area contributed by atoms with Gasteiger partial charge in [-0.25, -0.2) is 8.42 Å². The molecule has 0 saturated heterocycles. The lowest BCUT2D eigenvalue weighted by Gasteiger charge is -2.40. The van der Waals surface area contributed by atoms with Gasteiger partial charge in [0.2, 0.25) is 0 Å². The van der Waals surface area contributed by atoms with E-state index in [1.54, 1.807) is 0 Å². The van der Waals surface area contributed by atoms with Crippen LogP contribution in [0, 0.1) is 0 Å². The molecule has 0 radical (unpaired) electrons. The van der Waals surface area contributed by atoms with E-state index in [1.807, 2.05) is 24.3 Å². The van der Waals surface area contributed by atoms with Gasteiger partial charge in [-0.3, -0.25) is 0 Å². The van der Waals surface area contributed by atoms with Crippen LogP contribution in [0.3, 0.4) is 0 Å². The van der Waals surface area contributed by atoms with Crippen LogP contribution in [0.4, 0.5) is 0 Å². The van der Waals surface area contributed by atoms with E-state index in [-0.39, 0.29) is 0 Å². The van der Waals surface area contributed by atoms with Crippen molar-refractivity contribution < 1.29 is 13.2 Å². The fourth-order valence-corrected chi connectivity index (χ4v) is 4.14. The molecular formula is C13H17BrO3S. The molecule has 100 valence electrons. The Bertz CT molecular complexity index is 504. The first-order valence-electron chi connectivity index (χ1n) is 5.98. The molecule has 2 rings (SSSR count). The molecular weight excluding hydrogens is 316 g/mol. The standard InChI is InChI=1S/C13H17BrO3S/c1-18(15,16)13(7-2-8-13)11-3-5-12(6-4-11)17-10-9-14/h3-6H,2,7-10H2,1H3. The summed E-state index contributed by atoms with van der Waals surface area (Å²) in [5.74, 6) is 0.779. The molecule has 0 unspecified atom stereocenters. The van der Waals surface area contributed by atoms with Gasteiger partial charge < -0.3 is 4.74 Å². The number of ether oxygens (including phenoxy) is 1. The Morgan fingerprint density at radius 2 is 1.89 bits per heavy atom. The van der Waals surface area contributed by atoms with Crippen molar-refractivity contribution in [2.24, 2.45) is 0 Å². The smallest absolute Gasteiger partial charge is 0.157 e. The SMILES string of the molecule is CS(=O)(=O)C1(c2ccc(OCCBr)cc2)CCC1. The number of halogens is 1. The van der Waals surface area contributed by atoms with Crippen molar-refractivity contribution in [3.63, 3.8) is 0 Å². The van der Waals surface area contributed by atoms with Crippen LogP contribution < -0.4 is 4.74 Å². The number of rotatable bonds is 5. The molecule has 1 aromatic rings. The molecule has 1 aromatic carbocycles. The maximum absolute atomic E-state index is 12.0. The number of sulfone groups is 1. The third-order valence-corrected chi connectivity index (χ3v) is 5.98. The highest BCUT2D eigenvalue weighted by Crippen LogP contribution is 2.47. The second-order valence-electron chi connectivity index (χ2n) is 4.68. The summed E-state index contributed by atoms with van der Waals surface area (Å²) in [6, 6.07) is 7.46. The van der Waals surface area contributed by atoms with E-state index in [1.165, 1.54) is 6.26 Å². The Kier molecular flexibility index (Phi) is 4.02. The molecule has 1 aliphatic rings. The maximum atomic E-state index is 12.0. The zero-order chi connectivity index (χ0) is 13.2. The van der Waals surface area contributed by atoms with E-state index in [2.05, 4.69) is 15.9 Å². The monoisotopic (exact) mass is 332 g/mol. The molecule has 0 heterocycles. The van der Waals surface area contributed by atoms with Gasteiger partial charge in [-0.15, -0.1) is 0 Å². The minimum Gasteiger partial charge on any atom is -0.493 e. The van der Waals surface area contributed by atoms with Gasteiger partial charge in [-0.05, 0) is 37.0 Å². The summed E-state index contributed by atoms with van der Waals surface area (Å²) in [6.07, 6.45) is 3.77. The highest BCUT2D eigenvalue weighted by Gasteiger charge is 2.47. The topological polar surface area (TPSA) is 43.4 Å². The average Bonchev–Trinajstić information content (AvgIpc) is 2.24. The van der Waals surface area contributed by atoms with Crippen LogP contribution >= 0.6 is 15.9 Å². The van der Waals surface area contributed by atoms with Crippen molar-refractivity contribution in [1.82, 2.24) is 0 Å². The average molecular weight is 333 g/mol. The first-order chi connectivity index (χ1) is 8.49. The summed E-state index contributed by atoms with van der Waals surface area (Å²) in [5, 5.41) is 0.780. The van der Waals surface area contributed by atoms with Crippen molar-refractivity contribution in [2.45, 2.75) is 24.0 Å². The molecule has 3 nitrogen and oxygen atoms in total. The van der Waals surface area contributed by atoms with E-state index in [4.69, 9.17) is 4.74 Å². The van der Waals surface area contributed by atoms with Crippen LogP contribution in [0.1, 0.15) is 24.8 Å². The van der Waals surface area contributed by atoms with Crippen molar-refractivity contribution >= 4 is 25.8 Å². The predicted octanol–water partition coefficient (Wildman–Crippen LogP) is 2.88. The van der Waals surface area contributed by atoms with Crippen LogP contribution in [0.15, 0.2) is 24.3 Å². The Morgan fingerprint density at radius 3 is 2.28 bits per heavy atom. The predicted molar refractivity (Wildman–Crippen MR) is 76.1 cm³/mol. The molecule has 1 saturated carbocycles. The molecule has 0 aliphatic heterocycles. The quantitative estimate of drug-likeness (QED) is 0.778. The second kappa shape index (κ2) is 5.21. The highest BCUT2D eigenvalue weighted by atomic mass is 79.9. The molecule has 5 heteroatoms. The first-order valence-corrected chi connectivity index (χ1v) is 9.00. The van der Waals surface area contributed by atoms with Crippen LogP contribution in [0.2, 0.25) is 0 Å². The molecule has 0 aromatic heterocycles. The number of benzene rings is 1. The van der Waals surface area contributed by atoms with Gasteiger partial charge in [0, 0.05) is 11.6 Å². The zero-order valence-corrected chi connectivity index (χ0v) is 12.8. The molecule has 18 heavy (non-hydrogen) atoms. The third kappa shape index (κ3) is 2.43. The minimum atomic E-state index is -3.06. The summed E-state index contributed by atoms with van der Waals surface area (Å²) in [7, 11) is -3.06. The molecule has 0 atom stereocenters. The van der Waals surface area contributed by atoms with Crippen LogP contribution in [-0.2, 0) is 14.6 Å². The van der Waals surface area contributed by atoms with Crippen molar-refractivity contribution in [2.75, 3.05) is 18.2 Å². The van der Waals surface area contributed by atoms with Crippen molar-refractivity contribution in [3.8, 4) is 5.75 Å². The molecule has 0 spiro atoms. The van der Waals surface area contributed by atoms with E-state index in [0.29, 0.717) is 6.61 Å². The number of alkyl halides is 1. The van der Waals surface area contributed by atoms with E-state index in [0.717, 1.165) is 35.9 Å². The van der Waals surface area contributed by atoms with Crippen LogP contribution in [0.5, 0.6) is 5.75 Å². The molecule has 0 N–H and O–H groups in total. The van der Waals surface area contributed by atoms with Crippen LogP contribution in [0.25, 0.3) is 0 Å². The number of hydrogen-bond donors (Lipinski definition) is 0. The molecule has 0 amide bonds. The summed E-state index contributed by atoms with van der Waals surface area (Å²) in [6.45, 7) is 0.608. The van der Waals surface area contributed by atoms with Gasteiger partial charge in [-0.2, -0.15) is 0 Å². The Hall–Kier alpha value is -0.550. The molecule has 1 aliphatic carbocycles. The van der Waals surface area contributed by atoms with Crippen LogP contribution in [-0.4, -0.2) is 26.6 Å². The van der Waals surface area contributed by atoms with Crippen molar-refractivity contribution in [3.05, 3.63) is 29.8 Å². The Balaban J connectivity index is 2.23. The Labute approximate surface area is 117 Å². The van der Waals surface area contributed by atoms with Crippen molar-refractivity contribution in [1.29, 1.82) is 0 Å². The van der Waals surface area contributed by atoms with Gasteiger partial charge in [0.1, 0.15) is 5.75 Å². The van der Waals surface area contributed by atoms with E-state index in [9.17, 15) is 8.42 Å². The van der Waals surface area contributed by atoms with E-state index < -0.39 is 14.6 Å². The lowest BCUT2D eigenvalue weighted by atomic mass is 9.79. The summed E-state index contributed by atoms with van der Waals surface area (Å²) in [5.41, 5.74) is 0.891. The van der Waals surface area contributed by atoms with Gasteiger partial charge in [0.05, 0.1) is 11.4 Å². The lowest BCUT2D eigenvalue weighted by molar-refractivity contribution is 0.338. The Morgan fingerprint density at radius 1 is 1.28 bits per heavy atom. The fraction of sp³-hybridized carbons (Fsp3) is 0.538. The maximum Gasteiger partial charge on any atom is 0.157 e. The van der Waals surface area contributed by atoms with Gasteiger partial charge in [-0.1, -0.05) is 28.1 Å². The van der Waals surface area contributed by atoms with E-state index >= 15 is 0 Å². The van der Waals surface area contributed by atoms with Gasteiger partial charge in [0.25, 0.3) is 0 Å². The first kappa shape index (κ1) is 13.9. The second-order valence-corrected chi connectivity index (χ2v) is 7.80. The molecule has 0 bridgehead atoms. The normalized spacial score (nSPS) is 18.1. The summed E-state index contributed by atoms with van der Waals surface area (Å²) < 4.78 is 28.7. The minimum absolute atomic E-state index is 0.608. The largest absolute Gasteiger partial charge is 0.493 e. The fourth-order valence-electron chi connectivity index (χ4n) is 2.38. The highest BCUT2D eigenvalue weighted by molar-refractivity contribution is 9.09. The molecule has 1 fully saturated rings. The third-order valence-electron chi connectivity index (χ3n) is 3.60. The van der Waals surface area contributed by atoms with Gasteiger partial charge >= 0.3 is 0 Å². The zero-order valence-electron chi connectivity index (χ0n) is 10.4. The van der Waals surface area contributed by atoms with Gasteiger partial charge in [0.15, 0.2) is 9.84 Å². The number of hydrogen-bond acceptors (Lipinski definition) is 3. The summed E-state index contributed by atoms with van der Waals surface area (Å²) >= 11 is 3.30. The lowest BCUT2D eigenvalue weighted by Crippen LogP contribution is -2.41. The summed E-state index contributed by atoms with van der Waals surface area (Å²) in [4.78, 5) is 0.